The Hall–Kier alpha value is 0.457. The van der Waals surface area contributed by atoms with Crippen molar-refractivity contribution < 1.29 is 13.6 Å². The molecule has 0 radical (unpaired) electrons. The minimum absolute atomic E-state index is 0.413. The quantitative estimate of drug-likeness (QED) is 0.479. The highest BCUT2D eigenvalue weighted by Crippen LogP contribution is 2.59. The first kappa shape index (κ1) is 17.5. The smallest absolute Gasteiger partial charge is 0.306 e. The maximum Gasteiger partial charge on any atom is 0.353 e. The summed E-state index contributed by atoms with van der Waals surface area (Å²) in [6, 6.07) is 0. The van der Waals surface area contributed by atoms with Crippen LogP contribution in [0.3, 0.4) is 0 Å². The summed E-state index contributed by atoms with van der Waals surface area (Å²) in [4.78, 5) is 0.903. The van der Waals surface area contributed by atoms with Crippen molar-refractivity contribution in [3.8, 4) is 0 Å². The van der Waals surface area contributed by atoms with Crippen LogP contribution in [0.2, 0.25) is 19.6 Å². The molecule has 0 aromatic rings. The number of hydrogen-bond acceptors (Lipinski definition) is 4. The molecule has 0 aromatic carbocycles. The first-order valence-electron chi connectivity index (χ1n) is 6.03. The summed E-state index contributed by atoms with van der Waals surface area (Å²) in [6.45, 7) is 13.1. The third-order valence-corrected chi connectivity index (χ3v) is 9.57. The number of thioether (sulfide) groups is 1. The Bertz CT molecular complexity index is 290. The predicted octanol–water partition coefficient (Wildman–Crippen LogP) is 4.72. The Kier molecular flexibility index (Phi) is 8.01. The Balaban J connectivity index is 5.30. The Morgan fingerprint density at radius 3 is 1.94 bits per heavy atom. The van der Waals surface area contributed by atoms with Gasteiger partial charge in [0.05, 0.1) is 21.3 Å². The van der Waals surface area contributed by atoms with Crippen molar-refractivity contribution in [2.24, 2.45) is 0 Å². The lowest BCUT2D eigenvalue weighted by atomic mass is 10.9. The molecule has 0 amide bonds. The molecule has 0 spiro atoms. The average Bonchev–Trinajstić information content (AvgIpc) is 2.16. The molecule has 0 aliphatic rings. The van der Waals surface area contributed by atoms with E-state index in [1.807, 2.05) is 19.3 Å². The van der Waals surface area contributed by atoms with Crippen molar-refractivity contribution in [3.05, 3.63) is 10.3 Å². The van der Waals surface area contributed by atoms with E-state index < -0.39 is 15.7 Å². The van der Waals surface area contributed by atoms with Gasteiger partial charge in [-0.15, -0.1) is 11.8 Å². The topological polar surface area (TPSA) is 35.5 Å². The van der Waals surface area contributed by atoms with Crippen LogP contribution >= 0.6 is 19.4 Å². The van der Waals surface area contributed by atoms with E-state index in [4.69, 9.17) is 9.05 Å². The summed E-state index contributed by atoms with van der Waals surface area (Å²) in [5.41, 5.74) is 0. The molecule has 0 N–H and O–H groups in total. The summed E-state index contributed by atoms with van der Waals surface area (Å²) >= 11 is 1.66. The standard InChI is InChI=1S/C11H25O3PSSi/c1-7-13-15(12,14-8-2)11(10-16-9-3)17(4,5)6/h10H,7-9H2,1-6H3/b11-10-. The molecule has 0 heterocycles. The van der Waals surface area contributed by atoms with E-state index in [1.54, 1.807) is 11.8 Å². The Morgan fingerprint density at radius 2 is 1.65 bits per heavy atom. The molecular weight excluding hydrogens is 271 g/mol. The largest absolute Gasteiger partial charge is 0.353 e. The second kappa shape index (κ2) is 7.80. The van der Waals surface area contributed by atoms with E-state index >= 15 is 0 Å². The van der Waals surface area contributed by atoms with Gasteiger partial charge in [-0.2, -0.15) is 0 Å². The SMILES string of the molecule is CCOP(=O)(OCC)/C(=C/SCC)[Si](C)(C)C. The summed E-state index contributed by atoms with van der Waals surface area (Å²) < 4.78 is 23.7. The molecule has 0 aliphatic heterocycles. The molecule has 0 saturated carbocycles. The van der Waals surface area contributed by atoms with Crippen molar-refractivity contribution >= 4 is 27.4 Å². The molecule has 0 atom stereocenters. The zero-order chi connectivity index (χ0) is 13.5. The van der Waals surface area contributed by atoms with Gasteiger partial charge in [0.2, 0.25) is 0 Å². The first-order chi connectivity index (χ1) is 7.81. The molecule has 0 fully saturated rings. The van der Waals surface area contributed by atoms with Crippen LogP contribution in [-0.4, -0.2) is 27.0 Å². The zero-order valence-corrected chi connectivity index (χ0v) is 14.5. The Labute approximate surface area is 111 Å². The molecule has 0 aliphatic carbocycles. The summed E-state index contributed by atoms with van der Waals surface area (Å²) in [7, 11) is -4.79. The van der Waals surface area contributed by atoms with Gasteiger partial charge in [-0.05, 0) is 25.0 Å². The monoisotopic (exact) mass is 296 g/mol. The van der Waals surface area contributed by atoms with E-state index in [0.29, 0.717) is 13.2 Å². The lowest BCUT2D eigenvalue weighted by molar-refractivity contribution is 0.227. The average molecular weight is 296 g/mol. The van der Waals surface area contributed by atoms with E-state index in [-0.39, 0.29) is 0 Å². The van der Waals surface area contributed by atoms with Crippen LogP contribution in [0.25, 0.3) is 0 Å². The van der Waals surface area contributed by atoms with Crippen molar-refractivity contribution in [3.63, 3.8) is 0 Å². The van der Waals surface area contributed by atoms with E-state index in [0.717, 1.165) is 10.7 Å². The van der Waals surface area contributed by atoms with E-state index in [2.05, 4.69) is 26.6 Å². The van der Waals surface area contributed by atoms with Gasteiger partial charge in [-0.3, -0.25) is 4.57 Å². The third kappa shape index (κ3) is 5.75. The summed E-state index contributed by atoms with van der Waals surface area (Å²) in [5.74, 6) is 0.965. The number of hydrogen-bond donors (Lipinski definition) is 0. The lowest BCUT2D eigenvalue weighted by Gasteiger charge is -2.27. The van der Waals surface area contributed by atoms with Crippen LogP contribution in [0, 0.1) is 0 Å². The summed E-state index contributed by atoms with van der Waals surface area (Å²) in [6.07, 6.45) is 0. The van der Waals surface area contributed by atoms with Crippen molar-refractivity contribution in [1.82, 2.24) is 0 Å². The molecule has 102 valence electrons. The minimum Gasteiger partial charge on any atom is -0.306 e. The fourth-order valence-corrected chi connectivity index (χ4v) is 8.77. The van der Waals surface area contributed by atoms with Crippen LogP contribution in [0.4, 0.5) is 0 Å². The molecule has 6 heteroatoms. The van der Waals surface area contributed by atoms with Gasteiger partial charge in [-0.25, -0.2) is 0 Å². The molecule has 0 aromatic heterocycles. The minimum atomic E-state index is -3.08. The first-order valence-corrected chi connectivity index (χ1v) is 12.1. The lowest BCUT2D eigenvalue weighted by Crippen LogP contribution is -2.25. The Morgan fingerprint density at radius 1 is 1.18 bits per heavy atom. The van der Waals surface area contributed by atoms with E-state index in [9.17, 15) is 4.57 Å². The molecule has 0 rings (SSSR count). The highest BCUT2D eigenvalue weighted by Gasteiger charge is 2.38. The highest BCUT2D eigenvalue weighted by atomic mass is 32.2. The number of rotatable bonds is 8. The maximum atomic E-state index is 12.8. The van der Waals surface area contributed by atoms with Crippen LogP contribution in [0.5, 0.6) is 0 Å². The van der Waals surface area contributed by atoms with Gasteiger partial charge in [0.1, 0.15) is 0 Å². The van der Waals surface area contributed by atoms with E-state index in [1.165, 1.54) is 0 Å². The second-order valence-corrected chi connectivity index (χ2v) is 13.1. The van der Waals surface area contributed by atoms with Crippen LogP contribution in [-0.2, 0) is 13.6 Å². The fraction of sp³-hybridized carbons (Fsp3) is 0.818. The maximum absolute atomic E-state index is 12.8. The fourth-order valence-electron chi connectivity index (χ4n) is 1.33. The van der Waals surface area contributed by atoms with Gasteiger partial charge in [0.15, 0.2) is 0 Å². The molecule has 0 bridgehead atoms. The van der Waals surface area contributed by atoms with Crippen LogP contribution in [0.15, 0.2) is 10.3 Å². The van der Waals surface area contributed by atoms with Crippen LogP contribution in [0.1, 0.15) is 20.8 Å². The third-order valence-electron chi connectivity index (χ3n) is 2.02. The second-order valence-electron chi connectivity index (χ2n) is 4.54. The van der Waals surface area contributed by atoms with Crippen molar-refractivity contribution in [2.45, 2.75) is 40.4 Å². The molecule has 3 nitrogen and oxygen atoms in total. The van der Waals surface area contributed by atoms with Gasteiger partial charge in [-0.1, -0.05) is 26.6 Å². The summed E-state index contributed by atoms with van der Waals surface area (Å²) in [5, 5.41) is 2.00. The van der Waals surface area contributed by atoms with Crippen molar-refractivity contribution in [2.75, 3.05) is 19.0 Å². The molecule has 0 saturated heterocycles. The van der Waals surface area contributed by atoms with Crippen molar-refractivity contribution in [1.29, 1.82) is 0 Å². The van der Waals surface area contributed by atoms with Gasteiger partial charge in [0.25, 0.3) is 0 Å². The van der Waals surface area contributed by atoms with Gasteiger partial charge in [0, 0.05) is 4.94 Å². The predicted molar refractivity (Wildman–Crippen MR) is 80.4 cm³/mol. The van der Waals surface area contributed by atoms with Gasteiger partial charge < -0.3 is 9.05 Å². The van der Waals surface area contributed by atoms with Crippen LogP contribution < -0.4 is 0 Å². The van der Waals surface area contributed by atoms with Gasteiger partial charge >= 0.3 is 7.60 Å². The molecular formula is C11H25O3PSSi. The highest BCUT2D eigenvalue weighted by molar-refractivity contribution is 8.02. The zero-order valence-electron chi connectivity index (χ0n) is 11.8. The molecule has 17 heavy (non-hydrogen) atoms. The molecule has 0 unspecified atom stereocenters. The normalized spacial score (nSPS) is 14.1.